The number of aliphatic hydroxyl groups is 1. The molecule has 0 radical (unpaired) electrons. The number of benzene rings is 1. The number of nitrogens with one attached hydrogen (secondary N) is 1. The standard InChI is InChI=1S/C12H13NO4/c1-17-12(16)11(15)6-8-4-7-5-9(14)2-3-10(7)13-8/h2-5,11,13-15H,6H2,1H3. The lowest BCUT2D eigenvalue weighted by Gasteiger charge is -2.05. The minimum atomic E-state index is -1.18. The molecule has 1 heterocycles. The van der Waals surface area contributed by atoms with Gasteiger partial charge >= 0.3 is 5.97 Å². The molecule has 0 bridgehead atoms. The third-order valence-corrected chi connectivity index (χ3v) is 2.55. The summed E-state index contributed by atoms with van der Waals surface area (Å²) < 4.78 is 4.43. The quantitative estimate of drug-likeness (QED) is 0.692. The van der Waals surface area contributed by atoms with Crippen LogP contribution in [0.3, 0.4) is 0 Å². The number of H-pyrrole nitrogens is 1. The number of aromatic hydroxyl groups is 1. The van der Waals surface area contributed by atoms with Gasteiger partial charge in [0.1, 0.15) is 5.75 Å². The molecular formula is C12H13NO4. The Bertz CT molecular complexity index is 546. The number of rotatable bonds is 3. The molecule has 5 heteroatoms. The Labute approximate surface area is 97.6 Å². The third kappa shape index (κ3) is 2.39. The van der Waals surface area contributed by atoms with Crippen molar-refractivity contribution >= 4 is 16.9 Å². The van der Waals surface area contributed by atoms with Crippen molar-refractivity contribution in [3.8, 4) is 5.75 Å². The average molecular weight is 235 g/mol. The van der Waals surface area contributed by atoms with E-state index in [0.29, 0.717) is 5.69 Å². The highest BCUT2D eigenvalue weighted by Gasteiger charge is 2.16. The maximum absolute atomic E-state index is 11.1. The fourth-order valence-corrected chi connectivity index (χ4v) is 1.72. The summed E-state index contributed by atoms with van der Waals surface area (Å²) in [4.78, 5) is 14.1. The zero-order chi connectivity index (χ0) is 12.4. The van der Waals surface area contributed by atoms with Gasteiger partial charge in [-0.15, -0.1) is 0 Å². The lowest BCUT2D eigenvalue weighted by Crippen LogP contribution is -2.24. The minimum Gasteiger partial charge on any atom is -0.508 e. The Hall–Kier alpha value is -2.01. The Morgan fingerprint density at radius 2 is 2.24 bits per heavy atom. The molecule has 0 aliphatic carbocycles. The average Bonchev–Trinajstić information content (AvgIpc) is 2.69. The highest BCUT2D eigenvalue weighted by atomic mass is 16.5. The van der Waals surface area contributed by atoms with E-state index in [4.69, 9.17) is 0 Å². The number of aliphatic hydroxyl groups excluding tert-OH is 1. The monoisotopic (exact) mass is 235 g/mol. The molecule has 0 aliphatic heterocycles. The largest absolute Gasteiger partial charge is 0.508 e. The lowest BCUT2D eigenvalue weighted by atomic mass is 10.2. The summed E-state index contributed by atoms with van der Waals surface area (Å²) in [6.07, 6.45) is -1.02. The number of ether oxygens (including phenoxy) is 1. The lowest BCUT2D eigenvalue weighted by molar-refractivity contribution is -0.150. The number of phenols is 1. The number of aromatic nitrogens is 1. The first-order valence-electron chi connectivity index (χ1n) is 5.16. The van der Waals surface area contributed by atoms with Crippen molar-refractivity contribution in [1.29, 1.82) is 0 Å². The summed E-state index contributed by atoms with van der Waals surface area (Å²) >= 11 is 0. The van der Waals surface area contributed by atoms with E-state index in [1.54, 1.807) is 24.3 Å². The first kappa shape index (κ1) is 11.5. The van der Waals surface area contributed by atoms with E-state index in [0.717, 1.165) is 10.9 Å². The second kappa shape index (κ2) is 4.47. The molecule has 0 aliphatic rings. The van der Waals surface area contributed by atoms with Gasteiger partial charge in [0.25, 0.3) is 0 Å². The fourth-order valence-electron chi connectivity index (χ4n) is 1.72. The Balaban J connectivity index is 2.22. The van der Waals surface area contributed by atoms with Crippen molar-refractivity contribution in [3.63, 3.8) is 0 Å². The van der Waals surface area contributed by atoms with Crippen LogP contribution in [-0.2, 0) is 16.0 Å². The number of phenolic OH excluding ortho intramolecular Hbond substituents is 1. The number of hydrogen-bond acceptors (Lipinski definition) is 4. The molecule has 0 saturated heterocycles. The molecular weight excluding hydrogens is 222 g/mol. The van der Waals surface area contributed by atoms with E-state index in [-0.39, 0.29) is 12.2 Å². The molecule has 0 amide bonds. The second-order valence-electron chi connectivity index (χ2n) is 3.81. The van der Waals surface area contributed by atoms with Crippen LogP contribution in [0.25, 0.3) is 10.9 Å². The van der Waals surface area contributed by atoms with E-state index in [2.05, 4.69) is 9.72 Å². The van der Waals surface area contributed by atoms with Gasteiger partial charge in [0.2, 0.25) is 0 Å². The molecule has 0 fully saturated rings. The van der Waals surface area contributed by atoms with E-state index in [1.165, 1.54) is 7.11 Å². The van der Waals surface area contributed by atoms with Gasteiger partial charge < -0.3 is 19.9 Å². The van der Waals surface area contributed by atoms with E-state index in [1.807, 2.05) is 0 Å². The number of carbonyl (C=O) groups is 1. The van der Waals surface area contributed by atoms with Crippen LogP contribution in [0.4, 0.5) is 0 Å². The molecule has 1 aromatic heterocycles. The van der Waals surface area contributed by atoms with Gasteiger partial charge in [-0.1, -0.05) is 0 Å². The first-order valence-corrected chi connectivity index (χ1v) is 5.16. The first-order chi connectivity index (χ1) is 8.10. The van der Waals surface area contributed by atoms with Crippen LogP contribution in [0.1, 0.15) is 5.69 Å². The van der Waals surface area contributed by atoms with Crippen LogP contribution in [0.2, 0.25) is 0 Å². The molecule has 2 rings (SSSR count). The normalized spacial score (nSPS) is 12.6. The van der Waals surface area contributed by atoms with Gasteiger partial charge in [0.15, 0.2) is 6.10 Å². The molecule has 1 aromatic carbocycles. The SMILES string of the molecule is COC(=O)C(O)Cc1cc2cc(O)ccc2[nH]1. The van der Waals surface area contributed by atoms with Crippen molar-refractivity contribution < 1.29 is 19.7 Å². The van der Waals surface area contributed by atoms with Gasteiger partial charge in [-0.2, -0.15) is 0 Å². The smallest absolute Gasteiger partial charge is 0.335 e. The van der Waals surface area contributed by atoms with Crippen LogP contribution < -0.4 is 0 Å². The summed E-state index contributed by atoms with van der Waals surface area (Å²) in [6, 6.07) is 6.69. The number of fused-ring (bicyclic) bond motifs is 1. The van der Waals surface area contributed by atoms with Crippen LogP contribution in [0, 0.1) is 0 Å². The minimum absolute atomic E-state index is 0.155. The maximum Gasteiger partial charge on any atom is 0.335 e. The van der Waals surface area contributed by atoms with E-state index >= 15 is 0 Å². The van der Waals surface area contributed by atoms with Gasteiger partial charge in [0.05, 0.1) is 7.11 Å². The van der Waals surface area contributed by atoms with Gasteiger partial charge in [0, 0.05) is 23.0 Å². The number of carbonyl (C=O) groups excluding carboxylic acids is 1. The summed E-state index contributed by atoms with van der Waals surface area (Å²) in [5, 5.41) is 19.6. The molecule has 3 N–H and O–H groups in total. The summed E-state index contributed by atoms with van der Waals surface area (Å²) in [5.41, 5.74) is 1.55. The zero-order valence-electron chi connectivity index (χ0n) is 9.30. The van der Waals surface area contributed by atoms with Gasteiger partial charge in [-0.25, -0.2) is 4.79 Å². The third-order valence-electron chi connectivity index (χ3n) is 2.55. The molecule has 90 valence electrons. The van der Waals surface area contributed by atoms with Gasteiger partial charge in [-0.3, -0.25) is 0 Å². The highest BCUT2D eigenvalue weighted by molar-refractivity contribution is 5.82. The zero-order valence-corrected chi connectivity index (χ0v) is 9.30. The summed E-state index contributed by atoms with van der Waals surface area (Å²) in [6.45, 7) is 0. The predicted octanol–water partition coefficient (Wildman–Crippen LogP) is 0.950. The molecule has 17 heavy (non-hydrogen) atoms. The number of hydrogen-bond donors (Lipinski definition) is 3. The van der Waals surface area contributed by atoms with E-state index < -0.39 is 12.1 Å². The molecule has 1 unspecified atom stereocenters. The van der Waals surface area contributed by atoms with Crippen molar-refractivity contribution in [3.05, 3.63) is 30.0 Å². The molecule has 0 saturated carbocycles. The molecule has 0 spiro atoms. The van der Waals surface area contributed by atoms with Crippen LogP contribution in [0.5, 0.6) is 5.75 Å². The van der Waals surface area contributed by atoms with Crippen molar-refractivity contribution in [1.82, 2.24) is 4.98 Å². The van der Waals surface area contributed by atoms with Crippen molar-refractivity contribution in [2.45, 2.75) is 12.5 Å². The summed E-state index contributed by atoms with van der Waals surface area (Å²) in [5.74, 6) is -0.483. The molecule has 2 aromatic rings. The fraction of sp³-hybridized carbons (Fsp3) is 0.250. The van der Waals surface area contributed by atoms with Gasteiger partial charge in [-0.05, 0) is 24.3 Å². The van der Waals surface area contributed by atoms with Crippen molar-refractivity contribution in [2.24, 2.45) is 0 Å². The highest BCUT2D eigenvalue weighted by Crippen LogP contribution is 2.21. The van der Waals surface area contributed by atoms with Crippen LogP contribution >= 0.6 is 0 Å². The maximum atomic E-state index is 11.1. The number of methoxy groups -OCH3 is 1. The Morgan fingerprint density at radius 3 is 2.94 bits per heavy atom. The molecule has 1 atom stereocenters. The van der Waals surface area contributed by atoms with E-state index in [9.17, 15) is 15.0 Å². The number of esters is 1. The van der Waals surface area contributed by atoms with Crippen molar-refractivity contribution in [2.75, 3.05) is 7.11 Å². The topological polar surface area (TPSA) is 82.6 Å². The second-order valence-corrected chi connectivity index (χ2v) is 3.81. The summed E-state index contributed by atoms with van der Waals surface area (Å²) in [7, 11) is 1.23. The predicted molar refractivity (Wildman–Crippen MR) is 61.7 cm³/mol. The molecule has 5 nitrogen and oxygen atoms in total. The van der Waals surface area contributed by atoms with Crippen LogP contribution in [0.15, 0.2) is 24.3 Å². The van der Waals surface area contributed by atoms with Crippen LogP contribution in [-0.4, -0.2) is 34.4 Å². The Morgan fingerprint density at radius 1 is 1.47 bits per heavy atom. The Kier molecular flexibility index (Phi) is 3.01. The number of aromatic amines is 1.